The number of thiazole rings is 1. The molecule has 1 saturated carbocycles. The first-order valence-electron chi connectivity index (χ1n) is 7.02. The van der Waals surface area contributed by atoms with Crippen molar-refractivity contribution in [2.45, 2.75) is 45.2 Å². The molecule has 2 unspecified atom stereocenters. The Hall–Kier alpha value is -0.710. The third-order valence-electron chi connectivity index (χ3n) is 3.66. The lowest BCUT2D eigenvalue weighted by Gasteiger charge is -2.21. The lowest BCUT2D eigenvalue weighted by atomic mass is 10.1. The van der Waals surface area contributed by atoms with Crippen molar-refractivity contribution in [3.8, 4) is 0 Å². The number of nitrogens with zero attached hydrogens (tertiary/aromatic N) is 1. The molecule has 1 aliphatic rings. The van der Waals surface area contributed by atoms with E-state index in [1.54, 1.807) is 0 Å². The van der Waals surface area contributed by atoms with Crippen molar-refractivity contribution >= 4 is 22.7 Å². The number of aromatic nitrogens is 1. The smallest absolute Gasteiger partial charge is 0.109 e. The van der Waals surface area contributed by atoms with Crippen LogP contribution in [0.2, 0.25) is 0 Å². The molecule has 0 amide bonds. The Morgan fingerprint density at radius 2 is 2.32 bits per heavy atom. The molecule has 1 N–H and O–H groups in total. The molecule has 2 heterocycles. The largest absolute Gasteiger partial charge is 0.300 e. The van der Waals surface area contributed by atoms with Crippen LogP contribution in [0.3, 0.4) is 0 Å². The van der Waals surface area contributed by atoms with Gasteiger partial charge in [0.25, 0.3) is 0 Å². The Bertz CT molecular complexity index is 514. The van der Waals surface area contributed by atoms with E-state index in [4.69, 9.17) is 0 Å². The van der Waals surface area contributed by atoms with Crippen molar-refractivity contribution in [1.82, 2.24) is 10.3 Å². The van der Waals surface area contributed by atoms with Crippen LogP contribution >= 0.6 is 22.7 Å². The first kappa shape index (κ1) is 13.3. The van der Waals surface area contributed by atoms with Crippen LogP contribution < -0.4 is 5.32 Å². The summed E-state index contributed by atoms with van der Waals surface area (Å²) in [7, 11) is 0. The lowest BCUT2D eigenvalue weighted by Crippen LogP contribution is -2.25. The van der Waals surface area contributed by atoms with Gasteiger partial charge >= 0.3 is 0 Å². The predicted octanol–water partition coefficient (Wildman–Crippen LogP) is 4.57. The maximum atomic E-state index is 4.56. The van der Waals surface area contributed by atoms with E-state index in [2.05, 4.69) is 41.7 Å². The number of rotatable bonds is 6. The van der Waals surface area contributed by atoms with Crippen LogP contribution in [-0.2, 0) is 6.42 Å². The fourth-order valence-corrected chi connectivity index (χ4v) is 4.12. The van der Waals surface area contributed by atoms with E-state index >= 15 is 0 Å². The second-order valence-corrected chi connectivity index (χ2v) is 7.36. The second kappa shape index (κ2) is 5.73. The van der Waals surface area contributed by atoms with Crippen molar-refractivity contribution in [2.75, 3.05) is 0 Å². The van der Waals surface area contributed by atoms with Crippen molar-refractivity contribution in [1.29, 1.82) is 0 Å². The molecule has 4 heteroatoms. The number of thiophene rings is 1. The summed E-state index contributed by atoms with van der Waals surface area (Å²) < 4.78 is 0. The zero-order chi connectivity index (χ0) is 13.2. The molecule has 0 radical (unpaired) electrons. The van der Waals surface area contributed by atoms with E-state index in [1.165, 1.54) is 27.6 Å². The average molecular weight is 292 g/mol. The van der Waals surface area contributed by atoms with E-state index < -0.39 is 0 Å². The van der Waals surface area contributed by atoms with Crippen LogP contribution in [-0.4, -0.2) is 4.98 Å². The van der Waals surface area contributed by atoms with Crippen LogP contribution in [0, 0.1) is 5.92 Å². The van der Waals surface area contributed by atoms with Gasteiger partial charge in [0.1, 0.15) is 5.01 Å². The Kier molecular flexibility index (Phi) is 4.01. The molecule has 0 bridgehead atoms. The molecule has 3 rings (SSSR count). The Balaban J connectivity index is 1.71. The molecular weight excluding hydrogens is 272 g/mol. The summed E-state index contributed by atoms with van der Waals surface area (Å²) >= 11 is 3.71. The number of hydrogen-bond acceptors (Lipinski definition) is 4. The van der Waals surface area contributed by atoms with E-state index in [-0.39, 0.29) is 0 Å². The van der Waals surface area contributed by atoms with Gasteiger partial charge in [-0.2, -0.15) is 0 Å². The zero-order valence-electron chi connectivity index (χ0n) is 11.4. The zero-order valence-corrected chi connectivity index (χ0v) is 13.1. The monoisotopic (exact) mass is 292 g/mol. The molecule has 102 valence electrons. The number of nitrogens with one attached hydrogen (secondary N) is 1. The van der Waals surface area contributed by atoms with Gasteiger partial charge in [-0.3, -0.25) is 0 Å². The van der Waals surface area contributed by atoms with Crippen LogP contribution in [0.1, 0.15) is 53.5 Å². The van der Waals surface area contributed by atoms with Gasteiger partial charge in [0.2, 0.25) is 0 Å². The van der Waals surface area contributed by atoms with Crippen LogP contribution in [0.4, 0.5) is 0 Å². The number of aryl methyl sites for hydroxylation is 1. The summed E-state index contributed by atoms with van der Waals surface area (Å²) in [6.45, 7) is 4.43. The Labute approximate surface area is 122 Å². The van der Waals surface area contributed by atoms with E-state index in [0.717, 1.165) is 12.3 Å². The van der Waals surface area contributed by atoms with E-state index in [1.807, 2.05) is 28.9 Å². The normalized spacial score (nSPS) is 18.4. The average Bonchev–Trinajstić information content (AvgIpc) is 2.95. The molecule has 0 saturated heterocycles. The fraction of sp³-hybridized carbons (Fsp3) is 0.533. The van der Waals surface area contributed by atoms with Gasteiger partial charge in [0.05, 0.1) is 6.04 Å². The molecule has 0 aliphatic heterocycles. The summed E-state index contributed by atoms with van der Waals surface area (Å²) in [6.07, 6.45) is 5.83. The first-order chi connectivity index (χ1) is 9.28. The predicted molar refractivity (Wildman–Crippen MR) is 82.8 cm³/mol. The SMILES string of the molecule is CCc1cnc(C(C)NC(c2cccs2)C2CC2)s1. The van der Waals surface area contributed by atoms with Crippen molar-refractivity contribution in [2.24, 2.45) is 5.92 Å². The highest BCUT2D eigenvalue weighted by molar-refractivity contribution is 7.11. The van der Waals surface area contributed by atoms with E-state index in [9.17, 15) is 0 Å². The van der Waals surface area contributed by atoms with E-state index in [0.29, 0.717) is 12.1 Å². The molecule has 0 spiro atoms. The van der Waals surface area contributed by atoms with Gasteiger partial charge in [-0.1, -0.05) is 13.0 Å². The topological polar surface area (TPSA) is 24.9 Å². The third-order valence-corrected chi connectivity index (χ3v) is 5.94. The summed E-state index contributed by atoms with van der Waals surface area (Å²) in [5.41, 5.74) is 0. The maximum absolute atomic E-state index is 4.56. The third kappa shape index (κ3) is 3.07. The molecule has 2 aromatic heterocycles. The minimum atomic E-state index is 0.345. The molecule has 2 atom stereocenters. The molecule has 1 fully saturated rings. The summed E-state index contributed by atoms with van der Waals surface area (Å²) in [4.78, 5) is 7.41. The molecule has 2 aromatic rings. The highest BCUT2D eigenvalue weighted by Crippen LogP contribution is 2.43. The van der Waals surface area contributed by atoms with Crippen molar-refractivity contribution in [3.05, 3.63) is 38.5 Å². The van der Waals surface area contributed by atoms with Gasteiger partial charge in [-0.15, -0.1) is 22.7 Å². The fourth-order valence-electron chi connectivity index (χ4n) is 2.38. The minimum absolute atomic E-state index is 0.345. The van der Waals surface area contributed by atoms with Crippen molar-refractivity contribution in [3.63, 3.8) is 0 Å². The minimum Gasteiger partial charge on any atom is -0.300 e. The van der Waals surface area contributed by atoms with Crippen LogP contribution in [0.25, 0.3) is 0 Å². The molecular formula is C15H20N2S2. The molecule has 2 nitrogen and oxygen atoms in total. The van der Waals surface area contributed by atoms with Gasteiger partial charge in [-0.25, -0.2) is 4.98 Å². The van der Waals surface area contributed by atoms with Gasteiger partial charge in [0, 0.05) is 22.0 Å². The molecule has 19 heavy (non-hydrogen) atoms. The lowest BCUT2D eigenvalue weighted by molar-refractivity contribution is 0.432. The quantitative estimate of drug-likeness (QED) is 0.843. The van der Waals surface area contributed by atoms with Gasteiger partial charge in [0.15, 0.2) is 0 Å². The number of hydrogen-bond donors (Lipinski definition) is 1. The van der Waals surface area contributed by atoms with Crippen LogP contribution in [0.15, 0.2) is 23.7 Å². The van der Waals surface area contributed by atoms with Crippen LogP contribution in [0.5, 0.6) is 0 Å². The highest BCUT2D eigenvalue weighted by Gasteiger charge is 2.34. The standard InChI is InChI=1S/C15H20N2S2/c1-3-12-9-16-15(19-12)10(2)17-14(11-6-7-11)13-5-4-8-18-13/h4-5,8-11,14,17H,3,6-7H2,1-2H3. The molecule has 1 aliphatic carbocycles. The first-order valence-corrected chi connectivity index (χ1v) is 8.71. The highest BCUT2D eigenvalue weighted by atomic mass is 32.1. The van der Waals surface area contributed by atoms with Gasteiger partial charge in [-0.05, 0) is 43.6 Å². The second-order valence-electron chi connectivity index (χ2n) is 5.24. The Morgan fingerprint density at radius 1 is 1.47 bits per heavy atom. The van der Waals surface area contributed by atoms with Crippen molar-refractivity contribution < 1.29 is 0 Å². The molecule has 0 aromatic carbocycles. The summed E-state index contributed by atoms with van der Waals surface area (Å²) in [5.74, 6) is 0.826. The summed E-state index contributed by atoms with van der Waals surface area (Å²) in [6, 6.07) is 5.27. The summed E-state index contributed by atoms with van der Waals surface area (Å²) in [5, 5.41) is 7.19. The van der Waals surface area contributed by atoms with Gasteiger partial charge < -0.3 is 5.32 Å². The maximum Gasteiger partial charge on any atom is 0.109 e. The Morgan fingerprint density at radius 3 is 2.89 bits per heavy atom.